The number of nitrogens with one attached hydrogen (secondary N) is 3. The molecule has 3 N–H and O–H groups in total. The van der Waals surface area contributed by atoms with E-state index in [-0.39, 0.29) is 31.4 Å². The minimum Gasteiger partial charge on any atom is -0.457 e. The molecule has 0 aliphatic carbocycles. The third-order valence-corrected chi connectivity index (χ3v) is 5.35. The maximum absolute atomic E-state index is 12.0. The van der Waals surface area contributed by atoms with Gasteiger partial charge >= 0.3 is 6.03 Å². The Morgan fingerprint density at radius 2 is 1.73 bits per heavy atom. The van der Waals surface area contributed by atoms with Crippen LogP contribution in [0.5, 0.6) is 0 Å². The first-order valence-electron chi connectivity index (χ1n) is 9.48. The van der Waals surface area contributed by atoms with E-state index in [4.69, 9.17) is 4.42 Å². The molecule has 0 saturated heterocycles. The average Bonchev–Trinajstić information content (AvgIpc) is 3.40. The molecule has 0 aliphatic heterocycles. The van der Waals surface area contributed by atoms with E-state index in [1.165, 1.54) is 0 Å². The first-order chi connectivity index (χ1) is 14.7. The van der Waals surface area contributed by atoms with Gasteiger partial charge in [0.1, 0.15) is 5.76 Å². The molecule has 0 spiro atoms. The van der Waals surface area contributed by atoms with Gasteiger partial charge in [-0.05, 0) is 36.4 Å². The highest BCUT2D eigenvalue weighted by molar-refractivity contribution is 7.21. The summed E-state index contributed by atoms with van der Waals surface area (Å²) in [7, 11) is 0. The van der Waals surface area contributed by atoms with Gasteiger partial charge in [-0.2, -0.15) is 0 Å². The number of benzene rings is 2. The number of urea groups is 1. The third-order valence-electron chi connectivity index (χ3n) is 4.30. The van der Waals surface area contributed by atoms with Crippen LogP contribution in [0.1, 0.15) is 12.2 Å². The molecule has 7 nitrogen and oxygen atoms in total. The molecule has 2 aromatic heterocycles. The number of anilines is 1. The van der Waals surface area contributed by atoms with E-state index in [9.17, 15) is 9.59 Å². The number of nitrogens with zero attached hydrogens (tertiary/aromatic N) is 1. The fourth-order valence-corrected chi connectivity index (χ4v) is 3.75. The van der Waals surface area contributed by atoms with Crippen LogP contribution in [0.25, 0.3) is 21.0 Å². The lowest BCUT2D eigenvalue weighted by Crippen LogP contribution is -2.33. The van der Waals surface area contributed by atoms with Crippen molar-refractivity contribution in [2.45, 2.75) is 13.0 Å². The number of fused-ring (bicyclic) bond motifs is 1. The lowest BCUT2D eigenvalue weighted by atomic mass is 10.3. The second-order valence-electron chi connectivity index (χ2n) is 6.53. The van der Waals surface area contributed by atoms with E-state index < -0.39 is 0 Å². The standard InChI is InChI=1S/C22H20N4O3S/c27-20(12-13-23-22(28)25-15-6-2-1-3-7-15)24-14-16-10-11-18(29-16)21-26-17-8-4-5-9-19(17)30-21/h1-11H,12-14H2,(H,24,27)(H2,23,25,28). The number of amides is 3. The molecule has 0 fully saturated rings. The summed E-state index contributed by atoms with van der Waals surface area (Å²) in [6.45, 7) is 0.513. The van der Waals surface area contributed by atoms with Crippen molar-refractivity contribution >= 4 is 39.2 Å². The largest absolute Gasteiger partial charge is 0.457 e. The normalized spacial score (nSPS) is 10.7. The molecule has 0 radical (unpaired) electrons. The second-order valence-corrected chi connectivity index (χ2v) is 7.56. The van der Waals surface area contributed by atoms with Crippen molar-refractivity contribution in [2.75, 3.05) is 11.9 Å². The zero-order valence-electron chi connectivity index (χ0n) is 16.1. The molecule has 0 bridgehead atoms. The minimum absolute atomic E-state index is 0.173. The lowest BCUT2D eigenvalue weighted by Gasteiger charge is -2.07. The molecule has 30 heavy (non-hydrogen) atoms. The first kappa shape index (κ1) is 19.7. The van der Waals surface area contributed by atoms with E-state index in [0.29, 0.717) is 17.2 Å². The molecule has 0 saturated carbocycles. The highest BCUT2D eigenvalue weighted by atomic mass is 32.1. The molecule has 0 unspecified atom stereocenters. The van der Waals surface area contributed by atoms with Crippen LogP contribution in [0, 0.1) is 0 Å². The SMILES string of the molecule is O=C(CCNC(=O)Nc1ccccc1)NCc1ccc(-c2nc3ccccc3s2)o1. The number of hydrogen-bond donors (Lipinski definition) is 3. The van der Waals surface area contributed by atoms with Crippen LogP contribution in [0.4, 0.5) is 10.5 Å². The van der Waals surface area contributed by atoms with Gasteiger partial charge in [-0.3, -0.25) is 4.79 Å². The topological polar surface area (TPSA) is 96.3 Å². The molecule has 152 valence electrons. The molecule has 4 rings (SSSR count). The van der Waals surface area contributed by atoms with E-state index in [1.807, 2.05) is 54.6 Å². The summed E-state index contributed by atoms with van der Waals surface area (Å²) in [5, 5.41) is 8.96. The van der Waals surface area contributed by atoms with Gasteiger partial charge in [0.15, 0.2) is 10.8 Å². The van der Waals surface area contributed by atoms with Gasteiger partial charge in [-0.15, -0.1) is 11.3 Å². The van der Waals surface area contributed by atoms with Crippen LogP contribution in [0.3, 0.4) is 0 Å². The fourth-order valence-electron chi connectivity index (χ4n) is 2.83. The van der Waals surface area contributed by atoms with E-state index in [1.54, 1.807) is 23.5 Å². The van der Waals surface area contributed by atoms with Crippen LogP contribution in [-0.2, 0) is 11.3 Å². The van der Waals surface area contributed by atoms with Gasteiger partial charge in [0.25, 0.3) is 0 Å². The Bertz CT molecular complexity index is 1120. The van der Waals surface area contributed by atoms with Gasteiger partial charge in [-0.25, -0.2) is 9.78 Å². The smallest absolute Gasteiger partial charge is 0.319 e. The number of rotatable bonds is 7. The Hall–Kier alpha value is -3.65. The molecule has 2 aromatic carbocycles. The highest BCUT2D eigenvalue weighted by Gasteiger charge is 2.11. The second kappa shape index (κ2) is 9.23. The number of carbonyl (C=O) groups excluding carboxylic acids is 2. The Balaban J connectivity index is 1.21. The van der Waals surface area contributed by atoms with Crippen molar-refractivity contribution in [3.05, 3.63) is 72.5 Å². The number of aromatic nitrogens is 1. The molecule has 0 aliphatic rings. The fraction of sp³-hybridized carbons (Fsp3) is 0.136. The number of hydrogen-bond acceptors (Lipinski definition) is 5. The molecule has 8 heteroatoms. The van der Waals surface area contributed by atoms with Crippen molar-refractivity contribution in [1.82, 2.24) is 15.6 Å². The Morgan fingerprint density at radius 1 is 0.933 bits per heavy atom. The van der Waals surface area contributed by atoms with Crippen molar-refractivity contribution in [1.29, 1.82) is 0 Å². The number of thiazole rings is 1. The van der Waals surface area contributed by atoms with Gasteiger partial charge < -0.3 is 20.4 Å². The van der Waals surface area contributed by atoms with Crippen molar-refractivity contribution in [3.8, 4) is 10.8 Å². The molecule has 0 atom stereocenters. The summed E-state index contributed by atoms with van der Waals surface area (Å²) in [6.07, 6.45) is 0.174. The van der Waals surface area contributed by atoms with Gasteiger partial charge in [0.2, 0.25) is 5.91 Å². The Morgan fingerprint density at radius 3 is 2.57 bits per heavy atom. The quantitative estimate of drug-likeness (QED) is 0.413. The zero-order valence-corrected chi connectivity index (χ0v) is 16.9. The summed E-state index contributed by atoms with van der Waals surface area (Å²) in [5.74, 6) is 1.15. The summed E-state index contributed by atoms with van der Waals surface area (Å²) < 4.78 is 6.91. The van der Waals surface area contributed by atoms with Gasteiger partial charge in [0.05, 0.1) is 16.8 Å². The van der Waals surface area contributed by atoms with Crippen molar-refractivity contribution < 1.29 is 14.0 Å². The van der Waals surface area contributed by atoms with E-state index in [0.717, 1.165) is 15.2 Å². The average molecular weight is 420 g/mol. The maximum Gasteiger partial charge on any atom is 0.319 e. The maximum atomic E-state index is 12.0. The predicted octanol–water partition coefficient (Wildman–Crippen LogP) is 4.38. The molecule has 3 amide bonds. The van der Waals surface area contributed by atoms with E-state index >= 15 is 0 Å². The molecular formula is C22H20N4O3S. The number of furan rings is 1. The summed E-state index contributed by atoms with van der Waals surface area (Å²) in [5.41, 5.74) is 1.63. The van der Waals surface area contributed by atoms with Gasteiger partial charge in [0, 0.05) is 18.7 Å². The summed E-state index contributed by atoms with van der Waals surface area (Å²) in [4.78, 5) is 28.4. The van der Waals surface area contributed by atoms with Crippen molar-refractivity contribution in [3.63, 3.8) is 0 Å². The monoisotopic (exact) mass is 420 g/mol. The van der Waals surface area contributed by atoms with Crippen LogP contribution < -0.4 is 16.0 Å². The van der Waals surface area contributed by atoms with Crippen LogP contribution in [-0.4, -0.2) is 23.5 Å². The lowest BCUT2D eigenvalue weighted by molar-refractivity contribution is -0.121. The molecular weight excluding hydrogens is 400 g/mol. The molecule has 2 heterocycles. The zero-order chi connectivity index (χ0) is 20.8. The molecule has 4 aromatic rings. The number of carbonyl (C=O) groups is 2. The predicted molar refractivity (Wildman–Crippen MR) is 117 cm³/mol. The van der Waals surface area contributed by atoms with E-state index in [2.05, 4.69) is 20.9 Å². The number of para-hydroxylation sites is 2. The minimum atomic E-state index is -0.347. The first-order valence-corrected chi connectivity index (χ1v) is 10.3. The van der Waals surface area contributed by atoms with Crippen LogP contribution in [0.15, 0.2) is 71.1 Å². The van der Waals surface area contributed by atoms with Gasteiger partial charge in [-0.1, -0.05) is 30.3 Å². The summed E-state index contributed by atoms with van der Waals surface area (Å²) in [6, 6.07) is 20.4. The summed E-state index contributed by atoms with van der Waals surface area (Å²) >= 11 is 1.56. The van der Waals surface area contributed by atoms with Crippen LogP contribution >= 0.6 is 11.3 Å². The Kier molecular flexibility index (Phi) is 6.05. The Labute approximate surface area is 177 Å². The third kappa shape index (κ3) is 5.03. The van der Waals surface area contributed by atoms with Crippen LogP contribution in [0.2, 0.25) is 0 Å². The highest BCUT2D eigenvalue weighted by Crippen LogP contribution is 2.31. The van der Waals surface area contributed by atoms with Crippen molar-refractivity contribution in [2.24, 2.45) is 0 Å².